The molecule has 0 aromatic carbocycles. The van der Waals surface area contributed by atoms with Crippen LogP contribution in [0.1, 0.15) is 27.2 Å². The number of ether oxygens (including phenoxy) is 3. The Bertz CT molecular complexity index is 392. The van der Waals surface area contributed by atoms with Crippen molar-refractivity contribution < 1.29 is 19.0 Å². The Labute approximate surface area is 105 Å². The molecule has 0 N–H and O–H groups in total. The van der Waals surface area contributed by atoms with Gasteiger partial charge in [-0.15, -0.1) is 0 Å². The number of esters is 1. The first-order valence-corrected chi connectivity index (χ1v) is 5.96. The molecule has 0 bridgehead atoms. The summed E-state index contributed by atoms with van der Waals surface area (Å²) in [6.45, 7) is 5.28. The minimum absolute atomic E-state index is 0.0103. The molecule has 0 amide bonds. The number of nitrogens with zero attached hydrogens (tertiary/aromatic N) is 3. The number of hydrogen-bond acceptors (Lipinski definition) is 5. The summed E-state index contributed by atoms with van der Waals surface area (Å²) in [5.74, 6) is -0.999. The third-order valence-electron chi connectivity index (χ3n) is 3.25. The third kappa shape index (κ3) is 2.58. The largest absolute Gasteiger partial charge is 0.465 e. The fraction of sp³-hybridized carbons (Fsp3) is 0.909. The second-order valence-corrected chi connectivity index (χ2v) is 5.14. The third-order valence-corrected chi connectivity index (χ3v) is 3.25. The van der Waals surface area contributed by atoms with Crippen LogP contribution in [-0.2, 0) is 19.0 Å². The Kier molecular flexibility index (Phi) is 3.47. The van der Waals surface area contributed by atoms with Gasteiger partial charge in [-0.3, -0.25) is 4.79 Å². The predicted octanol–water partition coefficient (Wildman–Crippen LogP) is 1.77. The molecule has 4 atom stereocenters. The van der Waals surface area contributed by atoms with E-state index >= 15 is 0 Å². The van der Waals surface area contributed by atoms with E-state index in [9.17, 15) is 4.79 Å². The predicted molar refractivity (Wildman–Crippen MR) is 61.5 cm³/mol. The van der Waals surface area contributed by atoms with E-state index in [4.69, 9.17) is 19.7 Å². The van der Waals surface area contributed by atoms with Gasteiger partial charge in [0.15, 0.2) is 5.79 Å². The van der Waals surface area contributed by atoms with Gasteiger partial charge in [0.1, 0.15) is 0 Å². The lowest BCUT2D eigenvalue weighted by molar-refractivity contribution is -0.162. The van der Waals surface area contributed by atoms with Gasteiger partial charge >= 0.3 is 5.97 Å². The van der Waals surface area contributed by atoms with Crippen molar-refractivity contribution in [1.29, 1.82) is 0 Å². The van der Waals surface area contributed by atoms with Crippen LogP contribution in [0.4, 0.5) is 0 Å². The number of carbonyl (C=O) groups excluding carboxylic acids is 1. The van der Waals surface area contributed by atoms with Crippen LogP contribution in [0.25, 0.3) is 10.4 Å². The molecular weight excluding hydrogens is 238 g/mol. The summed E-state index contributed by atoms with van der Waals surface area (Å²) in [6.07, 6.45) is 0.175. The lowest BCUT2D eigenvalue weighted by Gasteiger charge is -2.22. The molecule has 0 spiro atoms. The Morgan fingerprint density at radius 1 is 1.50 bits per heavy atom. The highest BCUT2D eigenvalue weighted by Crippen LogP contribution is 2.43. The summed E-state index contributed by atoms with van der Waals surface area (Å²) < 4.78 is 16.6. The molecule has 7 heteroatoms. The van der Waals surface area contributed by atoms with Crippen molar-refractivity contribution >= 4 is 5.97 Å². The maximum atomic E-state index is 10.9. The average Bonchev–Trinajstić information content (AvgIpc) is 2.71. The molecule has 0 radical (unpaired) electrons. The number of rotatable bonds is 3. The first-order chi connectivity index (χ1) is 8.43. The zero-order valence-electron chi connectivity index (χ0n) is 10.7. The van der Waals surface area contributed by atoms with E-state index < -0.39 is 5.79 Å². The molecule has 0 aromatic heterocycles. The Morgan fingerprint density at radius 2 is 2.17 bits per heavy atom. The molecule has 1 aliphatic heterocycles. The average molecular weight is 255 g/mol. The molecule has 2 aliphatic rings. The first kappa shape index (κ1) is 13.1. The van der Waals surface area contributed by atoms with Crippen LogP contribution in [0.3, 0.4) is 0 Å². The van der Waals surface area contributed by atoms with Gasteiger partial charge in [-0.2, -0.15) is 0 Å². The van der Waals surface area contributed by atoms with Gasteiger partial charge in [0.25, 0.3) is 0 Å². The van der Waals surface area contributed by atoms with Crippen molar-refractivity contribution in [1.82, 2.24) is 0 Å². The second kappa shape index (κ2) is 4.76. The lowest BCUT2D eigenvalue weighted by atomic mass is 10.1. The first-order valence-electron chi connectivity index (χ1n) is 5.96. The molecular formula is C11H17N3O4. The Balaban J connectivity index is 2.09. The maximum absolute atomic E-state index is 10.9. The van der Waals surface area contributed by atoms with E-state index in [1.807, 2.05) is 13.8 Å². The van der Waals surface area contributed by atoms with E-state index in [0.717, 1.165) is 0 Å². The SMILES string of the molecule is CC(=O)OC[C@H]1C[C@@H](N=[N+]=[N-])[C@@H]2OC(C)(C)O[C@H]12. The number of fused-ring (bicyclic) bond motifs is 1. The highest BCUT2D eigenvalue weighted by Gasteiger charge is 2.53. The van der Waals surface area contributed by atoms with Gasteiger partial charge in [-0.25, -0.2) is 0 Å². The Morgan fingerprint density at radius 3 is 2.78 bits per heavy atom. The quantitative estimate of drug-likeness (QED) is 0.332. The summed E-state index contributed by atoms with van der Waals surface area (Å²) >= 11 is 0. The van der Waals surface area contributed by atoms with Gasteiger partial charge in [-0.05, 0) is 25.8 Å². The normalized spacial score (nSPS) is 36.8. The van der Waals surface area contributed by atoms with Crippen LogP contribution in [0, 0.1) is 5.92 Å². The topological polar surface area (TPSA) is 93.5 Å². The summed E-state index contributed by atoms with van der Waals surface area (Å²) in [4.78, 5) is 13.7. The minimum atomic E-state index is -0.687. The molecule has 1 saturated heterocycles. The molecule has 100 valence electrons. The van der Waals surface area contributed by atoms with Gasteiger partial charge in [-0.1, -0.05) is 5.11 Å². The zero-order valence-corrected chi connectivity index (χ0v) is 10.7. The lowest BCUT2D eigenvalue weighted by Crippen LogP contribution is -2.28. The van der Waals surface area contributed by atoms with E-state index in [-0.39, 0.29) is 36.7 Å². The van der Waals surface area contributed by atoms with Gasteiger partial charge in [0.2, 0.25) is 0 Å². The highest BCUT2D eigenvalue weighted by atomic mass is 16.8. The molecule has 7 nitrogen and oxygen atoms in total. The number of hydrogen-bond donors (Lipinski definition) is 0. The van der Waals surface area contributed by atoms with E-state index in [2.05, 4.69) is 10.0 Å². The van der Waals surface area contributed by atoms with Crippen LogP contribution in [0.5, 0.6) is 0 Å². The van der Waals surface area contributed by atoms with Crippen molar-refractivity contribution in [3.63, 3.8) is 0 Å². The smallest absolute Gasteiger partial charge is 0.302 e. The summed E-state index contributed by atoms with van der Waals surface area (Å²) in [7, 11) is 0. The van der Waals surface area contributed by atoms with Crippen molar-refractivity contribution in [2.45, 2.75) is 51.2 Å². The summed E-state index contributed by atoms with van der Waals surface area (Å²) in [6, 6.07) is -0.262. The van der Waals surface area contributed by atoms with Gasteiger partial charge < -0.3 is 14.2 Å². The summed E-state index contributed by atoms with van der Waals surface area (Å²) in [5, 5.41) is 3.74. The van der Waals surface area contributed by atoms with E-state index in [1.54, 1.807) is 0 Å². The van der Waals surface area contributed by atoms with Crippen LogP contribution in [-0.4, -0.2) is 36.6 Å². The molecule has 2 rings (SSSR count). The fourth-order valence-electron chi connectivity index (χ4n) is 2.62. The molecule has 1 heterocycles. The van der Waals surface area contributed by atoms with Crippen molar-refractivity contribution in [3.05, 3.63) is 10.4 Å². The molecule has 18 heavy (non-hydrogen) atoms. The van der Waals surface area contributed by atoms with E-state index in [1.165, 1.54) is 6.92 Å². The summed E-state index contributed by atoms with van der Waals surface area (Å²) in [5.41, 5.74) is 8.56. The van der Waals surface area contributed by atoms with Crippen LogP contribution >= 0.6 is 0 Å². The molecule has 0 unspecified atom stereocenters. The zero-order chi connectivity index (χ0) is 13.3. The number of carbonyl (C=O) groups is 1. The van der Waals surface area contributed by atoms with Crippen LogP contribution < -0.4 is 0 Å². The van der Waals surface area contributed by atoms with Crippen molar-refractivity contribution in [2.75, 3.05) is 6.61 Å². The molecule has 2 fully saturated rings. The standard InChI is InChI=1S/C11H17N3O4/c1-6(15)16-5-7-4-8(13-14-12)10-9(7)17-11(2,3)18-10/h7-10H,4-5H2,1-3H3/t7-,8-,9-,10+/m1/s1. The second-order valence-electron chi connectivity index (χ2n) is 5.14. The van der Waals surface area contributed by atoms with Gasteiger partial charge in [0, 0.05) is 17.8 Å². The maximum Gasteiger partial charge on any atom is 0.302 e. The monoisotopic (exact) mass is 255 g/mol. The molecule has 1 saturated carbocycles. The van der Waals surface area contributed by atoms with Crippen molar-refractivity contribution in [3.8, 4) is 0 Å². The molecule has 1 aliphatic carbocycles. The fourth-order valence-corrected chi connectivity index (χ4v) is 2.62. The van der Waals surface area contributed by atoms with Gasteiger partial charge in [0.05, 0.1) is 24.9 Å². The highest BCUT2D eigenvalue weighted by molar-refractivity contribution is 5.65. The van der Waals surface area contributed by atoms with Crippen molar-refractivity contribution in [2.24, 2.45) is 11.0 Å². The van der Waals surface area contributed by atoms with E-state index in [0.29, 0.717) is 6.42 Å². The van der Waals surface area contributed by atoms with Crippen LogP contribution in [0.15, 0.2) is 5.11 Å². The number of azide groups is 1. The minimum Gasteiger partial charge on any atom is -0.465 e. The van der Waals surface area contributed by atoms with Crippen LogP contribution in [0.2, 0.25) is 0 Å². The Hall–Kier alpha value is -1.30. The molecule has 0 aromatic rings.